The molecule has 0 aromatic heterocycles. The summed E-state index contributed by atoms with van der Waals surface area (Å²) < 4.78 is 27.5. The Kier molecular flexibility index (Phi) is 4.36. The molecule has 0 radical (unpaired) electrons. The van der Waals surface area contributed by atoms with Crippen molar-refractivity contribution >= 4 is 15.7 Å². The van der Waals surface area contributed by atoms with Gasteiger partial charge in [-0.15, -0.1) is 0 Å². The molecule has 1 aromatic carbocycles. The SMILES string of the molecule is Cc1cc(N)cc(C)c1S(=O)(=O)NCC1CCCC1O. The minimum absolute atomic E-state index is 0.0131. The summed E-state index contributed by atoms with van der Waals surface area (Å²) in [5.41, 5.74) is 7.56. The van der Waals surface area contributed by atoms with Crippen molar-refractivity contribution in [2.75, 3.05) is 12.3 Å². The van der Waals surface area contributed by atoms with E-state index in [1.807, 2.05) is 0 Å². The molecule has 0 heterocycles. The number of aryl methyl sites for hydroxylation is 2. The van der Waals surface area contributed by atoms with E-state index in [0.717, 1.165) is 19.3 Å². The quantitative estimate of drug-likeness (QED) is 0.731. The number of aliphatic hydroxyl groups excluding tert-OH is 1. The van der Waals surface area contributed by atoms with Crippen molar-refractivity contribution in [3.63, 3.8) is 0 Å². The molecule has 2 atom stereocenters. The predicted molar refractivity (Wildman–Crippen MR) is 78.9 cm³/mol. The first-order chi connectivity index (χ1) is 9.31. The minimum Gasteiger partial charge on any atom is -0.399 e. The van der Waals surface area contributed by atoms with Crippen molar-refractivity contribution in [2.24, 2.45) is 5.92 Å². The third kappa shape index (κ3) is 3.13. The van der Waals surface area contributed by atoms with Gasteiger partial charge in [-0.25, -0.2) is 13.1 Å². The van der Waals surface area contributed by atoms with Crippen molar-refractivity contribution in [2.45, 2.75) is 44.1 Å². The smallest absolute Gasteiger partial charge is 0.241 e. The second kappa shape index (κ2) is 5.71. The highest BCUT2D eigenvalue weighted by Crippen LogP contribution is 2.26. The summed E-state index contributed by atoms with van der Waals surface area (Å²) >= 11 is 0. The summed E-state index contributed by atoms with van der Waals surface area (Å²) in [6, 6.07) is 3.32. The third-order valence-corrected chi connectivity index (χ3v) is 5.63. The summed E-state index contributed by atoms with van der Waals surface area (Å²) in [4.78, 5) is 0.291. The molecular formula is C14H22N2O3S. The largest absolute Gasteiger partial charge is 0.399 e. The molecular weight excluding hydrogens is 276 g/mol. The molecule has 5 nitrogen and oxygen atoms in total. The molecule has 6 heteroatoms. The lowest BCUT2D eigenvalue weighted by molar-refractivity contribution is 0.134. The zero-order valence-corrected chi connectivity index (χ0v) is 12.7. The monoisotopic (exact) mass is 298 g/mol. The molecule has 1 aliphatic carbocycles. The molecule has 1 aromatic rings. The Morgan fingerprint density at radius 3 is 2.40 bits per heavy atom. The molecule has 0 spiro atoms. The number of nitrogens with two attached hydrogens (primary N) is 1. The number of rotatable bonds is 4. The lowest BCUT2D eigenvalue weighted by atomic mass is 10.1. The Balaban J connectivity index is 2.18. The van der Waals surface area contributed by atoms with E-state index < -0.39 is 16.1 Å². The summed E-state index contributed by atoms with van der Waals surface area (Å²) in [5, 5.41) is 9.75. The van der Waals surface area contributed by atoms with Crippen LogP contribution < -0.4 is 10.5 Å². The fraction of sp³-hybridized carbons (Fsp3) is 0.571. The van der Waals surface area contributed by atoms with Crippen LogP contribution in [0.15, 0.2) is 17.0 Å². The van der Waals surface area contributed by atoms with Crippen LogP contribution in [0.2, 0.25) is 0 Å². The van der Waals surface area contributed by atoms with Crippen LogP contribution in [0.4, 0.5) is 5.69 Å². The van der Waals surface area contributed by atoms with Gasteiger partial charge < -0.3 is 10.8 Å². The van der Waals surface area contributed by atoms with E-state index in [1.165, 1.54) is 0 Å². The molecule has 0 amide bonds. The second-order valence-corrected chi connectivity index (χ2v) is 7.30. The van der Waals surface area contributed by atoms with Gasteiger partial charge in [0.25, 0.3) is 0 Å². The van der Waals surface area contributed by atoms with Gasteiger partial charge >= 0.3 is 0 Å². The average Bonchev–Trinajstić information content (AvgIpc) is 2.70. The van der Waals surface area contributed by atoms with E-state index in [2.05, 4.69) is 4.72 Å². The molecule has 0 bridgehead atoms. The van der Waals surface area contributed by atoms with Gasteiger partial charge in [0.05, 0.1) is 11.0 Å². The minimum atomic E-state index is -3.57. The molecule has 0 saturated heterocycles. The highest BCUT2D eigenvalue weighted by atomic mass is 32.2. The molecule has 2 unspecified atom stereocenters. The first-order valence-electron chi connectivity index (χ1n) is 6.85. The van der Waals surface area contributed by atoms with Gasteiger partial charge in [0.1, 0.15) is 0 Å². The number of nitrogen functional groups attached to an aromatic ring is 1. The van der Waals surface area contributed by atoms with Crippen LogP contribution >= 0.6 is 0 Å². The Morgan fingerprint density at radius 1 is 1.30 bits per heavy atom. The average molecular weight is 298 g/mol. The van der Waals surface area contributed by atoms with Crippen LogP contribution in [-0.4, -0.2) is 26.2 Å². The van der Waals surface area contributed by atoms with Crippen LogP contribution in [0, 0.1) is 19.8 Å². The van der Waals surface area contributed by atoms with E-state index in [9.17, 15) is 13.5 Å². The van der Waals surface area contributed by atoms with Gasteiger partial charge in [-0.05, 0) is 55.9 Å². The van der Waals surface area contributed by atoms with Crippen molar-refractivity contribution in [3.05, 3.63) is 23.3 Å². The predicted octanol–water partition coefficient (Wildman–Crippen LogP) is 1.32. The van der Waals surface area contributed by atoms with Crippen molar-refractivity contribution < 1.29 is 13.5 Å². The van der Waals surface area contributed by atoms with E-state index in [0.29, 0.717) is 21.7 Å². The number of benzene rings is 1. The Morgan fingerprint density at radius 2 is 1.90 bits per heavy atom. The van der Waals surface area contributed by atoms with Crippen LogP contribution in [0.5, 0.6) is 0 Å². The molecule has 1 fully saturated rings. The second-order valence-electron chi connectivity index (χ2n) is 5.59. The van der Waals surface area contributed by atoms with Crippen LogP contribution in [0.1, 0.15) is 30.4 Å². The number of anilines is 1. The summed E-state index contributed by atoms with van der Waals surface area (Å²) in [7, 11) is -3.57. The first kappa shape index (κ1) is 15.3. The van der Waals surface area contributed by atoms with Crippen molar-refractivity contribution in [3.8, 4) is 0 Å². The van der Waals surface area contributed by atoms with Crippen LogP contribution in [0.25, 0.3) is 0 Å². The van der Waals surface area contributed by atoms with Gasteiger partial charge in [0, 0.05) is 12.2 Å². The maximum Gasteiger partial charge on any atom is 0.241 e. The zero-order chi connectivity index (χ0) is 14.9. The summed E-state index contributed by atoms with van der Waals surface area (Å²) in [6.45, 7) is 3.76. The maximum absolute atomic E-state index is 12.4. The molecule has 1 saturated carbocycles. The lowest BCUT2D eigenvalue weighted by Crippen LogP contribution is -2.33. The zero-order valence-electron chi connectivity index (χ0n) is 11.9. The summed E-state index contributed by atoms with van der Waals surface area (Å²) in [5.74, 6) is 0.0131. The molecule has 112 valence electrons. The number of sulfonamides is 1. The van der Waals surface area contributed by atoms with E-state index in [1.54, 1.807) is 26.0 Å². The van der Waals surface area contributed by atoms with Crippen molar-refractivity contribution in [1.82, 2.24) is 4.72 Å². The molecule has 20 heavy (non-hydrogen) atoms. The van der Waals surface area contributed by atoms with Gasteiger partial charge in [-0.2, -0.15) is 0 Å². The number of nitrogens with one attached hydrogen (secondary N) is 1. The highest BCUT2D eigenvalue weighted by Gasteiger charge is 2.27. The fourth-order valence-electron chi connectivity index (χ4n) is 2.95. The van der Waals surface area contributed by atoms with Crippen LogP contribution in [0.3, 0.4) is 0 Å². The number of hydrogen-bond acceptors (Lipinski definition) is 4. The maximum atomic E-state index is 12.4. The lowest BCUT2D eigenvalue weighted by Gasteiger charge is -2.17. The van der Waals surface area contributed by atoms with Crippen LogP contribution in [-0.2, 0) is 10.0 Å². The third-order valence-electron chi connectivity index (χ3n) is 3.91. The van der Waals surface area contributed by atoms with Crippen molar-refractivity contribution in [1.29, 1.82) is 0 Å². The fourth-order valence-corrected chi connectivity index (χ4v) is 4.50. The standard InChI is InChI=1S/C14H22N2O3S/c1-9-6-12(15)7-10(2)14(9)20(18,19)16-8-11-4-3-5-13(11)17/h6-7,11,13,16-17H,3-5,8,15H2,1-2H3. The van der Waals surface area contributed by atoms with Gasteiger partial charge in [0.15, 0.2) is 0 Å². The normalized spacial score (nSPS) is 23.1. The Hall–Kier alpha value is -1.11. The number of hydrogen-bond donors (Lipinski definition) is 3. The highest BCUT2D eigenvalue weighted by molar-refractivity contribution is 7.89. The Bertz CT molecular complexity index is 575. The van der Waals surface area contributed by atoms with E-state index in [-0.39, 0.29) is 12.5 Å². The molecule has 4 N–H and O–H groups in total. The van der Waals surface area contributed by atoms with Gasteiger partial charge in [0.2, 0.25) is 10.0 Å². The first-order valence-corrected chi connectivity index (χ1v) is 8.34. The topological polar surface area (TPSA) is 92.4 Å². The van der Waals surface area contributed by atoms with Gasteiger partial charge in [-0.3, -0.25) is 0 Å². The van der Waals surface area contributed by atoms with E-state index in [4.69, 9.17) is 5.73 Å². The number of aliphatic hydroxyl groups is 1. The molecule has 0 aliphatic heterocycles. The van der Waals surface area contributed by atoms with E-state index >= 15 is 0 Å². The Labute approximate surface area is 120 Å². The van der Waals surface area contributed by atoms with Gasteiger partial charge in [-0.1, -0.05) is 6.42 Å². The molecule has 2 rings (SSSR count). The summed E-state index contributed by atoms with van der Waals surface area (Å²) in [6.07, 6.45) is 2.18. The molecule has 1 aliphatic rings.